The molecule has 1 aromatic heterocycles. The second-order valence-corrected chi connectivity index (χ2v) is 5.75. The molecule has 118 valence electrons. The molecule has 1 aliphatic heterocycles. The zero-order chi connectivity index (χ0) is 16.7. The van der Waals surface area contributed by atoms with Gasteiger partial charge < -0.3 is 10.5 Å². The lowest BCUT2D eigenvalue weighted by Gasteiger charge is -2.26. The van der Waals surface area contributed by atoms with Gasteiger partial charge in [-0.3, -0.25) is 4.68 Å². The van der Waals surface area contributed by atoms with Gasteiger partial charge in [-0.15, -0.1) is 0 Å². The first-order valence-electron chi connectivity index (χ1n) is 7.84. The Bertz CT molecular complexity index is 1010. The Kier molecular flexibility index (Phi) is 3.24. The number of benzene rings is 2. The summed E-state index contributed by atoms with van der Waals surface area (Å²) in [6, 6.07) is 14.2. The van der Waals surface area contributed by atoms with Crippen LogP contribution in [0.15, 0.2) is 60.2 Å². The fraction of sp³-hybridized carbons (Fsp3) is 0.158. The van der Waals surface area contributed by atoms with E-state index in [9.17, 15) is 5.26 Å². The van der Waals surface area contributed by atoms with E-state index in [-0.39, 0.29) is 11.8 Å². The Labute approximate surface area is 139 Å². The summed E-state index contributed by atoms with van der Waals surface area (Å²) in [5.74, 6) is 0.583. The molecule has 24 heavy (non-hydrogen) atoms. The predicted molar refractivity (Wildman–Crippen MR) is 91.1 cm³/mol. The van der Waals surface area contributed by atoms with E-state index >= 15 is 0 Å². The van der Waals surface area contributed by atoms with Crippen LogP contribution in [0, 0.1) is 11.3 Å². The molecule has 1 atom stereocenters. The number of allylic oxidation sites excluding steroid dienone is 1. The number of nitrogens with zero attached hydrogens (tertiary/aromatic N) is 3. The van der Waals surface area contributed by atoms with Gasteiger partial charge in [0.25, 0.3) is 0 Å². The van der Waals surface area contributed by atoms with Crippen molar-refractivity contribution < 1.29 is 4.74 Å². The average molecular weight is 316 g/mol. The monoisotopic (exact) mass is 316 g/mol. The van der Waals surface area contributed by atoms with E-state index in [4.69, 9.17) is 10.5 Å². The maximum Gasteiger partial charge on any atom is 0.205 e. The number of nitrogens with two attached hydrogens (primary N) is 1. The van der Waals surface area contributed by atoms with Crippen LogP contribution >= 0.6 is 0 Å². The standard InChI is InChI=1S/C19H16N4O/c1-2-23-11-13(10-22-23)17-15(9-20)19(21)24-16-8-7-12-5-3-4-6-14(12)18(16)17/h3-8,10-11,17H,2,21H2,1H3/t17-/m1/s1. The molecule has 2 N–H and O–H groups in total. The topological polar surface area (TPSA) is 76.9 Å². The van der Waals surface area contributed by atoms with E-state index < -0.39 is 0 Å². The zero-order valence-corrected chi connectivity index (χ0v) is 13.2. The zero-order valence-electron chi connectivity index (χ0n) is 13.2. The third-order valence-corrected chi connectivity index (χ3v) is 4.42. The summed E-state index contributed by atoms with van der Waals surface area (Å²) in [7, 11) is 0. The van der Waals surface area contributed by atoms with Gasteiger partial charge in [0.05, 0.1) is 12.1 Å². The summed E-state index contributed by atoms with van der Waals surface area (Å²) < 4.78 is 7.58. The van der Waals surface area contributed by atoms with Crippen LogP contribution in [0.1, 0.15) is 24.0 Å². The van der Waals surface area contributed by atoms with Crippen molar-refractivity contribution in [1.29, 1.82) is 5.26 Å². The molecule has 3 aromatic rings. The number of hydrogen-bond acceptors (Lipinski definition) is 4. The fourth-order valence-electron chi connectivity index (χ4n) is 3.28. The molecule has 5 heteroatoms. The lowest BCUT2D eigenvalue weighted by atomic mass is 9.82. The summed E-state index contributed by atoms with van der Waals surface area (Å²) in [6.45, 7) is 2.80. The van der Waals surface area contributed by atoms with Gasteiger partial charge >= 0.3 is 0 Å². The molecule has 0 bridgehead atoms. The van der Waals surface area contributed by atoms with E-state index in [1.807, 2.05) is 48.1 Å². The highest BCUT2D eigenvalue weighted by Crippen LogP contribution is 2.45. The van der Waals surface area contributed by atoms with Gasteiger partial charge in [0, 0.05) is 23.9 Å². The number of ether oxygens (including phenoxy) is 1. The summed E-state index contributed by atoms with van der Waals surface area (Å²) >= 11 is 0. The van der Waals surface area contributed by atoms with Crippen molar-refractivity contribution in [2.75, 3.05) is 0 Å². The number of nitriles is 1. The molecule has 1 aliphatic rings. The maximum atomic E-state index is 9.66. The second kappa shape index (κ2) is 5.43. The Morgan fingerprint density at radius 3 is 2.88 bits per heavy atom. The van der Waals surface area contributed by atoms with Crippen LogP contribution in [0.5, 0.6) is 5.75 Å². The third-order valence-electron chi connectivity index (χ3n) is 4.42. The minimum absolute atomic E-state index is 0.162. The van der Waals surface area contributed by atoms with Crippen LogP contribution in [0.2, 0.25) is 0 Å². The van der Waals surface area contributed by atoms with Crippen molar-refractivity contribution in [1.82, 2.24) is 9.78 Å². The van der Waals surface area contributed by atoms with Crippen molar-refractivity contribution >= 4 is 10.8 Å². The van der Waals surface area contributed by atoms with Crippen LogP contribution in [0.4, 0.5) is 0 Å². The van der Waals surface area contributed by atoms with Crippen LogP contribution < -0.4 is 10.5 Å². The molecular formula is C19H16N4O. The molecule has 0 amide bonds. The van der Waals surface area contributed by atoms with Crippen LogP contribution in [-0.4, -0.2) is 9.78 Å². The molecule has 0 aliphatic carbocycles. The quantitative estimate of drug-likeness (QED) is 0.787. The second-order valence-electron chi connectivity index (χ2n) is 5.75. The molecule has 0 saturated heterocycles. The smallest absolute Gasteiger partial charge is 0.205 e. The fourth-order valence-corrected chi connectivity index (χ4v) is 3.28. The molecular weight excluding hydrogens is 300 g/mol. The molecule has 4 rings (SSSR count). The lowest BCUT2D eigenvalue weighted by molar-refractivity contribution is 0.395. The minimum atomic E-state index is -0.273. The first kappa shape index (κ1) is 14.3. The molecule has 0 spiro atoms. The van der Waals surface area contributed by atoms with E-state index in [0.29, 0.717) is 11.3 Å². The van der Waals surface area contributed by atoms with Gasteiger partial charge in [0.15, 0.2) is 0 Å². The van der Waals surface area contributed by atoms with Crippen LogP contribution in [0.25, 0.3) is 10.8 Å². The Morgan fingerprint density at radius 1 is 1.29 bits per heavy atom. The summed E-state index contributed by atoms with van der Waals surface area (Å²) in [5.41, 5.74) is 8.36. The Balaban J connectivity index is 2.03. The van der Waals surface area contributed by atoms with Crippen molar-refractivity contribution in [3.63, 3.8) is 0 Å². The number of aryl methyl sites for hydroxylation is 1. The highest BCUT2D eigenvalue weighted by molar-refractivity contribution is 5.90. The molecule has 0 saturated carbocycles. The average Bonchev–Trinajstić information content (AvgIpc) is 3.09. The van der Waals surface area contributed by atoms with Crippen molar-refractivity contribution in [2.45, 2.75) is 19.4 Å². The SMILES string of the molecule is CCn1cc([C@@H]2C(C#N)=C(N)Oc3ccc4ccccc4c32)cn1. The van der Waals surface area contributed by atoms with Gasteiger partial charge in [0.2, 0.25) is 5.88 Å². The summed E-state index contributed by atoms with van der Waals surface area (Å²) in [6.07, 6.45) is 3.77. The van der Waals surface area contributed by atoms with Crippen LogP contribution in [-0.2, 0) is 6.54 Å². The molecule has 2 aromatic carbocycles. The first-order chi connectivity index (χ1) is 11.7. The van der Waals surface area contributed by atoms with Gasteiger partial charge in [-0.05, 0) is 23.8 Å². The number of aromatic nitrogens is 2. The highest BCUT2D eigenvalue weighted by atomic mass is 16.5. The molecule has 5 nitrogen and oxygen atoms in total. The minimum Gasteiger partial charge on any atom is -0.440 e. The van der Waals surface area contributed by atoms with Crippen molar-refractivity contribution in [3.05, 3.63) is 71.4 Å². The van der Waals surface area contributed by atoms with Gasteiger partial charge in [0.1, 0.15) is 17.4 Å². The Morgan fingerprint density at radius 2 is 2.12 bits per heavy atom. The van der Waals surface area contributed by atoms with E-state index in [1.165, 1.54) is 0 Å². The highest BCUT2D eigenvalue weighted by Gasteiger charge is 2.32. The van der Waals surface area contributed by atoms with Gasteiger partial charge in [-0.25, -0.2) is 0 Å². The van der Waals surface area contributed by atoms with Gasteiger partial charge in [-0.2, -0.15) is 10.4 Å². The summed E-state index contributed by atoms with van der Waals surface area (Å²) in [5, 5.41) is 16.2. The number of rotatable bonds is 2. The van der Waals surface area contributed by atoms with Crippen LogP contribution in [0.3, 0.4) is 0 Å². The van der Waals surface area contributed by atoms with Gasteiger partial charge in [-0.1, -0.05) is 30.3 Å². The van der Waals surface area contributed by atoms with E-state index in [1.54, 1.807) is 6.20 Å². The predicted octanol–water partition coefficient (Wildman–Crippen LogP) is 3.27. The third kappa shape index (κ3) is 2.04. The molecule has 2 heterocycles. The number of hydrogen-bond donors (Lipinski definition) is 1. The molecule has 0 fully saturated rings. The summed E-state index contributed by atoms with van der Waals surface area (Å²) in [4.78, 5) is 0. The molecule has 0 radical (unpaired) electrons. The normalized spacial score (nSPS) is 16.6. The van der Waals surface area contributed by atoms with Crippen molar-refractivity contribution in [2.24, 2.45) is 5.73 Å². The lowest BCUT2D eigenvalue weighted by Crippen LogP contribution is -2.21. The van der Waals surface area contributed by atoms with E-state index in [2.05, 4.69) is 17.2 Å². The largest absolute Gasteiger partial charge is 0.440 e. The Hall–Kier alpha value is -3.26. The maximum absolute atomic E-state index is 9.66. The van der Waals surface area contributed by atoms with Crippen molar-refractivity contribution in [3.8, 4) is 11.8 Å². The van der Waals surface area contributed by atoms with E-state index in [0.717, 1.165) is 28.4 Å². The molecule has 0 unspecified atom stereocenters. The number of fused-ring (bicyclic) bond motifs is 3. The first-order valence-corrected chi connectivity index (χ1v) is 7.84.